The summed E-state index contributed by atoms with van der Waals surface area (Å²) in [5.41, 5.74) is 3.61. The predicted molar refractivity (Wildman–Crippen MR) is 85.1 cm³/mol. The van der Waals surface area contributed by atoms with E-state index in [1.165, 1.54) is 11.1 Å². The van der Waals surface area contributed by atoms with E-state index in [0.717, 1.165) is 12.1 Å². The molecule has 0 heterocycles. The van der Waals surface area contributed by atoms with Gasteiger partial charge in [0.2, 0.25) is 0 Å². The standard InChI is InChI=1S/C18H23NO/c1-14-7-6-10-17(11-14)19-18(13-20)12-15(2)16-8-4-3-5-9-16/h3-11,15,18-20H,12-13H2,1-2H3. The molecule has 2 rings (SSSR count). The summed E-state index contributed by atoms with van der Waals surface area (Å²) in [5, 5.41) is 13.0. The van der Waals surface area contributed by atoms with Gasteiger partial charge in [-0.1, -0.05) is 49.4 Å². The molecule has 20 heavy (non-hydrogen) atoms. The molecule has 2 aromatic rings. The van der Waals surface area contributed by atoms with Crippen LogP contribution in [0.4, 0.5) is 5.69 Å². The Morgan fingerprint density at radius 2 is 1.80 bits per heavy atom. The third-order valence-corrected chi connectivity index (χ3v) is 3.62. The van der Waals surface area contributed by atoms with E-state index in [1.54, 1.807) is 0 Å². The molecule has 0 aliphatic carbocycles. The lowest BCUT2D eigenvalue weighted by Crippen LogP contribution is -2.25. The fourth-order valence-corrected chi connectivity index (χ4v) is 2.49. The van der Waals surface area contributed by atoms with Crippen LogP contribution in [0.1, 0.15) is 30.4 Å². The molecule has 106 valence electrons. The van der Waals surface area contributed by atoms with Crippen LogP contribution < -0.4 is 5.32 Å². The molecular weight excluding hydrogens is 246 g/mol. The molecule has 0 aliphatic rings. The maximum absolute atomic E-state index is 9.59. The number of anilines is 1. The van der Waals surface area contributed by atoms with Crippen LogP contribution in [0.25, 0.3) is 0 Å². The van der Waals surface area contributed by atoms with E-state index in [9.17, 15) is 5.11 Å². The molecule has 0 saturated heterocycles. The van der Waals surface area contributed by atoms with Crippen molar-refractivity contribution in [3.63, 3.8) is 0 Å². The van der Waals surface area contributed by atoms with Crippen LogP contribution in [0.5, 0.6) is 0 Å². The highest BCUT2D eigenvalue weighted by molar-refractivity contribution is 5.46. The zero-order chi connectivity index (χ0) is 14.4. The monoisotopic (exact) mass is 269 g/mol. The number of aliphatic hydroxyl groups excluding tert-OH is 1. The number of rotatable bonds is 6. The molecule has 0 spiro atoms. The molecule has 2 aromatic carbocycles. The second-order valence-corrected chi connectivity index (χ2v) is 5.44. The highest BCUT2D eigenvalue weighted by atomic mass is 16.3. The van der Waals surface area contributed by atoms with E-state index in [-0.39, 0.29) is 12.6 Å². The number of aryl methyl sites for hydroxylation is 1. The van der Waals surface area contributed by atoms with Crippen molar-refractivity contribution in [3.8, 4) is 0 Å². The maximum atomic E-state index is 9.59. The minimum absolute atomic E-state index is 0.0759. The highest BCUT2D eigenvalue weighted by Crippen LogP contribution is 2.22. The SMILES string of the molecule is Cc1cccc(NC(CO)CC(C)c2ccccc2)c1. The molecule has 0 aromatic heterocycles. The molecule has 2 unspecified atom stereocenters. The van der Waals surface area contributed by atoms with Crippen LogP contribution in [0.3, 0.4) is 0 Å². The Hall–Kier alpha value is -1.80. The number of hydrogen-bond donors (Lipinski definition) is 2. The van der Waals surface area contributed by atoms with Crippen LogP contribution in [-0.4, -0.2) is 17.8 Å². The van der Waals surface area contributed by atoms with Crippen molar-refractivity contribution in [2.75, 3.05) is 11.9 Å². The lowest BCUT2D eigenvalue weighted by Gasteiger charge is -2.22. The lowest BCUT2D eigenvalue weighted by molar-refractivity contribution is 0.264. The summed E-state index contributed by atoms with van der Waals surface area (Å²) in [4.78, 5) is 0. The van der Waals surface area contributed by atoms with E-state index in [2.05, 4.69) is 55.6 Å². The van der Waals surface area contributed by atoms with Crippen LogP contribution >= 0.6 is 0 Å². The van der Waals surface area contributed by atoms with Crippen molar-refractivity contribution in [2.45, 2.75) is 32.2 Å². The predicted octanol–water partition coefficient (Wildman–Crippen LogP) is 3.96. The summed E-state index contributed by atoms with van der Waals surface area (Å²) < 4.78 is 0. The summed E-state index contributed by atoms with van der Waals surface area (Å²) in [5.74, 6) is 0.422. The second kappa shape index (κ2) is 7.11. The summed E-state index contributed by atoms with van der Waals surface area (Å²) in [6.45, 7) is 4.42. The number of nitrogens with one attached hydrogen (secondary N) is 1. The van der Waals surface area contributed by atoms with Crippen molar-refractivity contribution in [1.82, 2.24) is 0 Å². The normalized spacial score (nSPS) is 13.8. The molecule has 2 heteroatoms. The Bertz CT molecular complexity index is 524. The molecule has 2 nitrogen and oxygen atoms in total. The molecule has 0 bridgehead atoms. The summed E-state index contributed by atoms with van der Waals surface area (Å²) >= 11 is 0. The van der Waals surface area contributed by atoms with Crippen molar-refractivity contribution < 1.29 is 5.11 Å². The van der Waals surface area contributed by atoms with Gasteiger partial charge in [-0.15, -0.1) is 0 Å². The molecular formula is C18H23NO. The minimum Gasteiger partial charge on any atom is -0.394 e. The summed E-state index contributed by atoms with van der Waals surface area (Å²) in [6.07, 6.45) is 0.911. The number of benzene rings is 2. The van der Waals surface area contributed by atoms with Crippen LogP contribution in [0.2, 0.25) is 0 Å². The largest absolute Gasteiger partial charge is 0.394 e. The van der Waals surface area contributed by atoms with Gasteiger partial charge in [0.15, 0.2) is 0 Å². The Kier molecular flexibility index (Phi) is 5.19. The Morgan fingerprint density at radius 3 is 2.45 bits per heavy atom. The molecule has 2 N–H and O–H groups in total. The van der Waals surface area contributed by atoms with Crippen molar-refractivity contribution in [2.24, 2.45) is 0 Å². The first kappa shape index (κ1) is 14.6. The lowest BCUT2D eigenvalue weighted by atomic mass is 9.94. The van der Waals surface area contributed by atoms with Gasteiger partial charge in [-0.2, -0.15) is 0 Å². The number of hydrogen-bond acceptors (Lipinski definition) is 2. The topological polar surface area (TPSA) is 32.3 Å². The van der Waals surface area contributed by atoms with Crippen LogP contribution in [0, 0.1) is 6.92 Å². The Balaban J connectivity index is 1.99. The van der Waals surface area contributed by atoms with Gasteiger partial charge >= 0.3 is 0 Å². The van der Waals surface area contributed by atoms with Gasteiger partial charge in [-0.25, -0.2) is 0 Å². The molecule has 0 amide bonds. The van der Waals surface area contributed by atoms with Gasteiger partial charge in [-0.3, -0.25) is 0 Å². The molecule has 0 aliphatic heterocycles. The van der Waals surface area contributed by atoms with Gasteiger partial charge in [0.1, 0.15) is 0 Å². The first-order valence-electron chi connectivity index (χ1n) is 7.18. The fraction of sp³-hybridized carbons (Fsp3) is 0.333. The first-order chi connectivity index (χ1) is 9.69. The molecule has 0 radical (unpaired) electrons. The average Bonchev–Trinajstić information content (AvgIpc) is 2.47. The fourth-order valence-electron chi connectivity index (χ4n) is 2.49. The Labute approximate surface area is 121 Å². The van der Waals surface area contributed by atoms with E-state index >= 15 is 0 Å². The van der Waals surface area contributed by atoms with E-state index in [0.29, 0.717) is 5.92 Å². The third-order valence-electron chi connectivity index (χ3n) is 3.62. The van der Waals surface area contributed by atoms with Crippen LogP contribution in [0.15, 0.2) is 54.6 Å². The van der Waals surface area contributed by atoms with Crippen molar-refractivity contribution >= 4 is 5.69 Å². The Morgan fingerprint density at radius 1 is 1.05 bits per heavy atom. The van der Waals surface area contributed by atoms with Gasteiger partial charge in [0.25, 0.3) is 0 Å². The zero-order valence-corrected chi connectivity index (χ0v) is 12.2. The molecule has 0 saturated carbocycles. The second-order valence-electron chi connectivity index (χ2n) is 5.44. The first-order valence-corrected chi connectivity index (χ1v) is 7.18. The minimum atomic E-state index is 0.0759. The third kappa shape index (κ3) is 4.10. The quantitative estimate of drug-likeness (QED) is 0.832. The van der Waals surface area contributed by atoms with E-state index < -0.39 is 0 Å². The van der Waals surface area contributed by atoms with Crippen molar-refractivity contribution in [3.05, 3.63) is 65.7 Å². The smallest absolute Gasteiger partial charge is 0.0633 e. The average molecular weight is 269 g/mol. The van der Waals surface area contributed by atoms with E-state index in [4.69, 9.17) is 0 Å². The summed E-state index contributed by atoms with van der Waals surface area (Å²) in [7, 11) is 0. The summed E-state index contributed by atoms with van der Waals surface area (Å²) in [6, 6.07) is 18.8. The molecule has 0 fully saturated rings. The molecule has 2 atom stereocenters. The zero-order valence-electron chi connectivity index (χ0n) is 12.2. The highest BCUT2D eigenvalue weighted by Gasteiger charge is 2.13. The van der Waals surface area contributed by atoms with Gasteiger partial charge in [-0.05, 0) is 42.5 Å². The van der Waals surface area contributed by atoms with Gasteiger partial charge in [0.05, 0.1) is 6.61 Å². The maximum Gasteiger partial charge on any atom is 0.0633 e. The van der Waals surface area contributed by atoms with Crippen molar-refractivity contribution in [1.29, 1.82) is 0 Å². The van der Waals surface area contributed by atoms with Crippen LogP contribution in [-0.2, 0) is 0 Å². The van der Waals surface area contributed by atoms with E-state index in [1.807, 2.05) is 18.2 Å². The van der Waals surface area contributed by atoms with Gasteiger partial charge < -0.3 is 10.4 Å². The van der Waals surface area contributed by atoms with Gasteiger partial charge in [0, 0.05) is 11.7 Å². The number of aliphatic hydroxyl groups is 1.